The molecule has 1 fully saturated rings. The van der Waals surface area contributed by atoms with Gasteiger partial charge < -0.3 is 14.2 Å². The molecule has 7 heteroatoms. The molecule has 1 aromatic carbocycles. The van der Waals surface area contributed by atoms with Crippen molar-refractivity contribution in [1.82, 2.24) is 14.5 Å². The van der Waals surface area contributed by atoms with E-state index in [9.17, 15) is 5.26 Å². The molecule has 0 spiro atoms. The molecule has 1 aliphatic heterocycles. The van der Waals surface area contributed by atoms with E-state index in [4.69, 9.17) is 19.2 Å². The lowest BCUT2D eigenvalue weighted by atomic mass is 9.79. The first kappa shape index (κ1) is 22.8. The lowest BCUT2D eigenvalue weighted by Gasteiger charge is -2.45. The van der Waals surface area contributed by atoms with Crippen molar-refractivity contribution < 1.29 is 14.2 Å². The minimum atomic E-state index is -0.250. The van der Waals surface area contributed by atoms with Crippen LogP contribution in [0.1, 0.15) is 57.7 Å². The molecule has 0 saturated carbocycles. The van der Waals surface area contributed by atoms with Crippen LogP contribution < -0.4 is 9.47 Å². The minimum absolute atomic E-state index is 0.228. The lowest BCUT2D eigenvalue weighted by Crippen LogP contribution is -2.44. The molecule has 0 aliphatic carbocycles. The van der Waals surface area contributed by atoms with Gasteiger partial charge in [-0.05, 0) is 64.8 Å². The third-order valence-corrected chi connectivity index (χ3v) is 5.96. The summed E-state index contributed by atoms with van der Waals surface area (Å²) in [6, 6.07) is 11.5. The number of aromatic nitrogens is 3. The van der Waals surface area contributed by atoms with Crippen molar-refractivity contribution in [2.75, 3.05) is 14.2 Å². The van der Waals surface area contributed by atoms with E-state index in [0.717, 1.165) is 35.6 Å². The minimum Gasteiger partial charge on any atom is -0.495 e. The summed E-state index contributed by atoms with van der Waals surface area (Å²) in [4.78, 5) is 9.47. The van der Waals surface area contributed by atoms with E-state index in [2.05, 4.69) is 44.9 Å². The SMILES string of the molecule is COc1cc(-n2cc(C3CC(C)(C)OC(C)(C)C3)nc2-c2cccnc2OC)ccc1C#N. The van der Waals surface area contributed by atoms with E-state index in [1.807, 2.05) is 28.8 Å². The zero-order valence-electron chi connectivity index (χ0n) is 20.0. The number of methoxy groups -OCH3 is 2. The molecular formula is C26H30N4O3. The highest BCUT2D eigenvalue weighted by Crippen LogP contribution is 2.44. The Morgan fingerprint density at radius 1 is 1.09 bits per heavy atom. The number of hydrogen-bond acceptors (Lipinski definition) is 6. The highest BCUT2D eigenvalue weighted by Gasteiger charge is 2.41. The second kappa shape index (κ2) is 8.53. The van der Waals surface area contributed by atoms with Crippen molar-refractivity contribution in [1.29, 1.82) is 5.26 Å². The Morgan fingerprint density at radius 3 is 2.45 bits per heavy atom. The van der Waals surface area contributed by atoms with Crippen molar-refractivity contribution in [3.63, 3.8) is 0 Å². The van der Waals surface area contributed by atoms with Crippen molar-refractivity contribution >= 4 is 0 Å². The first-order valence-electron chi connectivity index (χ1n) is 11.0. The highest BCUT2D eigenvalue weighted by atomic mass is 16.5. The van der Waals surface area contributed by atoms with Crippen LogP contribution >= 0.6 is 0 Å². The number of nitrogens with zero attached hydrogens (tertiary/aromatic N) is 4. The van der Waals surface area contributed by atoms with E-state index in [1.165, 1.54) is 0 Å². The molecule has 7 nitrogen and oxygen atoms in total. The third kappa shape index (κ3) is 4.57. The maximum Gasteiger partial charge on any atom is 0.224 e. The molecule has 33 heavy (non-hydrogen) atoms. The van der Waals surface area contributed by atoms with Crippen LogP contribution in [0.3, 0.4) is 0 Å². The summed E-state index contributed by atoms with van der Waals surface area (Å²) in [7, 11) is 3.17. The lowest BCUT2D eigenvalue weighted by molar-refractivity contribution is -0.162. The van der Waals surface area contributed by atoms with Gasteiger partial charge in [0.2, 0.25) is 5.88 Å². The summed E-state index contributed by atoms with van der Waals surface area (Å²) in [5.41, 5.74) is 2.61. The Balaban J connectivity index is 1.89. The molecule has 2 aromatic heterocycles. The van der Waals surface area contributed by atoms with Gasteiger partial charge in [0.1, 0.15) is 17.6 Å². The quantitative estimate of drug-likeness (QED) is 0.531. The Kier molecular flexibility index (Phi) is 5.89. The predicted molar refractivity (Wildman–Crippen MR) is 126 cm³/mol. The molecule has 0 amide bonds. The Morgan fingerprint density at radius 2 is 1.82 bits per heavy atom. The van der Waals surface area contributed by atoms with Gasteiger partial charge >= 0.3 is 0 Å². The van der Waals surface area contributed by atoms with Crippen LogP contribution in [0.5, 0.6) is 11.6 Å². The summed E-state index contributed by atoms with van der Waals surface area (Å²) in [5.74, 6) is 1.97. The summed E-state index contributed by atoms with van der Waals surface area (Å²) < 4.78 is 19.3. The fourth-order valence-electron chi connectivity index (χ4n) is 4.93. The molecule has 3 heterocycles. The molecule has 3 aromatic rings. The van der Waals surface area contributed by atoms with Gasteiger partial charge in [0.05, 0.1) is 47.9 Å². The van der Waals surface area contributed by atoms with Crippen LogP contribution in [-0.4, -0.2) is 40.0 Å². The van der Waals surface area contributed by atoms with E-state index in [-0.39, 0.29) is 17.1 Å². The molecule has 0 unspecified atom stereocenters. The molecule has 0 radical (unpaired) electrons. The maximum absolute atomic E-state index is 9.40. The Labute approximate surface area is 195 Å². The fraction of sp³-hybridized carbons (Fsp3) is 0.423. The number of hydrogen-bond donors (Lipinski definition) is 0. The zero-order valence-corrected chi connectivity index (χ0v) is 20.0. The molecule has 0 atom stereocenters. The van der Waals surface area contributed by atoms with E-state index in [0.29, 0.717) is 17.2 Å². The Hall–Kier alpha value is -3.37. The van der Waals surface area contributed by atoms with E-state index in [1.54, 1.807) is 26.5 Å². The van der Waals surface area contributed by atoms with Gasteiger partial charge in [-0.25, -0.2) is 9.97 Å². The van der Waals surface area contributed by atoms with E-state index >= 15 is 0 Å². The van der Waals surface area contributed by atoms with Gasteiger partial charge in [-0.3, -0.25) is 4.57 Å². The molecule has 0 bridgehead atoms. The fourth-order valence-corrected chi connectivity index (χ4v) is 4.93. The molecule has 172 valence electrons. The van der Waals surface area contributed by atoms with Crippen molar-refractivity contribution in [2.24, 2.45) is 0 Å². The number of rotatable bonds is 5. The number of imidazole rings is 1. The number of nitriles is 1. The van der Waals surface area contributed by atoms with Crippen molar-refractivity contribution in [3.05, 3.63) is 54.0 Å². The van der Waals surface area contributed by atoms with Crippen molar-refractivity contribution in [3.8, 4) is 34.8 Å². The van der Waals surface area contributed by atoms with Gasteiger partial charge in [-0.15, -0.1) is 0 Å². The summed E-state index contributed by atoms with van der Waals surface area (Å²) in [5, 5.41) is 9.40. The molecule has 1 saturated heterocycles. The van der Waals surface area contributed by atoms with E-state index < -0.39 is 0 Å². The van der Waals surface area contributed by atoms with Crippen LogP contribution in [0.4, 0.5) is 0 Å². The highest BCUT2D eigenvalue weighted by molar-refractivity contribution is 5.65. The van der Waals surface area contributed by atoms with Gasteiger partial charge in [0, 0.05) is 24.4 Å². The molecular weight excluding hydrogens is 416 g/mol. The van der Waals surface area contributed by atoms with Crippen LogP contribution in [0, 0.1) is 11.3 Å². The first-order chi connectivity index (χ1) is 15.7. The molecule has 4 rings (SSSR count). The number of ether oxygens (including phenoxy) is 3. The second-order valence-corrected chi connectivity index (χ2v) is 9.64. The van der Waals surface area contributed by atoms with Gasteiger partial charge in [-0.2, -0.15) is 5.26 Å². The summed E-state index contributed by atoms with van der Waals surface area (Å²) in [6.45, 7) is 8.53. The summed E-state index contributed by atoms with van der Waals surface area (Å²) >= 11 is 0. The monoisotopic (exact) mass is 446 g/mol. The molecule has 0 N–H and O–H groups in total. The predicted octanol–water partition coefficient (Wildman–Crippen LogP) is 5.27. The average molecular weight is 447 g/mol. The average Bonchev–Trinajstić information content (AvgIpc) is 3.22. The van der Waals surface area contributed by atoms with Gasteiger partial charge in [0.25, 0.3) is 0 Å². The standard InChI is InChI=1S/C26H30N4O3/c1-25(2)13-18(14-26(3,4)33-25)21-16-30(19-10-9-17(15-27)22(12-19)31-5)23(29-21)20-8-7-11-28-24(20)32-6/h7-12,16,18H,13-14H2,1-6H3. The van der Waals surface area contributed by atoms with Crippen LogP contribution in [0.25, 0.3) is 17.1 Å². The normalized spacial score (nSPS) is 17.4. The number of benzene rings is 1. The largest absolute Gasteiger partial charge is 0.495 e. The van der Waals surface area contributed by atoms with Gasteiger partial charge in [0.15, 0.2) is 0 Å². The van der Waals surface area contributed by atoms with Crippen molar-refractivity contribution in [2.45, 2.75) is 57.7 Å². The van der Waals surface area contributed by atoms with Crippen LogP contribution in [0.2, 0.25) is 0 Å². The maximum atomic E-state index is 9.40. The first-order valence-corrected chi connectivity index (χ1v) is 11.0. The number of pyridine rings is 1. The van der Waals surface area contributed by atoms with Crippen LogP contribution in [-0.2, 0) is 4.74 Å². The van der Waals surface area contributed by atoms with Gasteiger partial charge in [-0.1, -0.05) is 0 Å². The Bertz CT molecular complexity index is 1190. The second-order valence-electron chi connectivity index (χ2n) is 9.64. The van der Waals surface area contributed by atoms with Crippen LogP contribution in [0.15, 0.2) is 42.7 Å². The molecule has 1 aliphatic rings. The summed E-state index contributed by atoms with van der Waals surface area (Å²) in [6.07, 6.45) is 5.51. The smallest absolute Gasteiger partial charge is 0.224 e. The zero-order chi connectivity index (χ0) is 23.8. The third-order valence-electron chi connectivity index (χ3n) is 5.96. The topological polar surface area (TPSA) is 82.2 Å².